The van der Waals surface area contributed by atoms with Gasteiger partial charge in [-0.3, -0.25) is 4.57 Å². The van der Waals surface area contributed by atoms with Gasteiger partial charge in [0.25, 0.3) is 0 Å². The SMILES string of the molecule is c1ccc(-c2nc(-c3ccc4c(c3)c3ccccc3n4-c3nc(-c4ccccc4)nc(-c4ccccc4)n3)nc(-c3ccc4c(c3)c3cccc5c6ccccc6n4c53)n2)cc1. The molecular weight excluding hydrogens is 761 g/mol. The molecular formula is C54H32N8. The molecule has 0 fully saturated rings. The molecule has 8 nitrogen and oxygen atoms in total. The molecule has 0 bridgehead atoms. The lowest BCUT2D eigenvalue weighted by atomic mass is 10.1. The summed E-state index contributed by atoms with van der Waals surface area (Å²) in [6, 6.07) is 66.8. The number of hydrogen-bond acceptors (Lipinski definition) is 6. The van der Waals surface area contributed by atoms with Gasteiger partial charge in [0, 0.05) is 60.1 Å². The summed E-state index contributed by atoms with van der Waals surface area (Å²) in [4.78, 5) is 30.7. The fourth-order valence-electron chi connectivity index (χ4n) is 9.15. The first-order chi connectivity index (χ1) is 30.7. The molecule has 0 atom stereocenters. The zero-order valence-electron chi connectivity index (χ0n) is 33.1. The van der Waals surface area contributed by atoms with E-state index in [1.54, 1.807) is 0 Å². The van der Waals surface area contributed by atoms with Gasteiger partial charge in [-0.15, -0.1) is 0 Å². The molecule has 5 aromatic heterocycles. The number of nitrogens with zero attached hydrogens (tertiary/aromatic N) is 8. The minimum absolute atomic E-state index is 0.539. The van der Waals surface area contributed by atoms with Crippen molar-refractivity contribution in [2.24, 2.45) is 0 Å². The minimum atomic E-state index is 0.539. The van der Waals surface area contributed by atoms with E-state index in [0.29, 0.717) is 35.1 Å². The predicted octanol–water partition coefficient (Wildman–Crippen LogP) is 12.6. The Morgan fingerprint density at radius 2 is 0.629 bits per heavy atom. The van der Waals surface area contributed by atoms with Gasteiger partial charge in [-0.25, -0.2) is 19.9 Å². The smallest absolute Gasteiger partial charge is 0.238 e. The summed E-state index contributed by atoms with van der Waals surface area (Å²) in [6.07, 6.45) is 0. The Kier molecular flexibility index (Phi) is 7.43. The maximum Gasteiger partial charge on any atom is 0.238 e. The lowest BCUT2D eigenvalue weighted by Gasteiger charge is -2.11. The Morgan fingerprint density at radius 1 is 0.258 bits per heavy atom. The molecule has 13 aromatic rings. The number of hydrogen-bond donors (Lipinski definition) is 0. The van der Waals surface area contributed by atoms with Gasteiger partial charge in [-0.1, -0.05) is 146 Å². The normalized spacial score (nSPS) is 11.9. The molecule has 288 valence electrons. The van der Waals surface area contributed by atoms with E-state index in [1.807, 2.05) is 91.0 Å². The third kappa shape index (κ3) is 5.27. The molecule has 0 aliphatic heterocycles. The van der Waals surface area contributed by atoms with Crippen molar-refractivity contribution in [3.8, 4) is 62.9 Å². The van der Waals surface area contributed by atoms with Crippen LogP contribution in [0.5, 0.6) is 0 Å². The summed E-state index contributed by atoms with van der Waals surface area (Å²) in [5, 5.41) is 6.98. The second-order valence-electron chi connectivity index (χ2n) is 15.6. The maximum atomic E-state index is 5.23. The van der Waals surface area contributed by atoms with Gasteiger partial charge < -0.3 is 4.40 Å². The Hall–Kier alpha value is -8.62. The lowest BCUT2D eigenvalue weighted by Crippen LogP contribution is -2.06. The van der Waals surface area contributed by atoms with E-state index >= 15 is 0 Å². The van der Waals surface area contributed by atoms with Gasteiger partial charge in [0.15, 0.2) is 29.1 Å². The Bertz CT molecular complexity index is 3800. The van der Waals surface area contributed by atoms with Gasteiger partial charge in [0.05, 0.1) is 27.6 Å². The third-order valence-corrected chi connectivity index (χ3v) is 12.0. The molecule has 0 aliphatic carbocycles. The van der Waals surface area contributed by atoms with Crippen LogP contribution in [0.25, 0.3) is 123 Å². The van der Waals surface area contributed by atoms with Crippen molar-refractivity contribution in [3.05, 3.63) is 194 Å². The lowest BCUT2D eigenvalue weighted by molar-refractivity contribution is 0.953. The molecule has 0 unspecified atom stereocenters. The van der Waals surface area contributed by atoms with Gasteiger partial charge in [-0.2, -0.15) is 9.97 Å². The number of fused-ring (bicyclic) bond motifs is 9. The van der Waals surface area contributed by atoms with Crippen molar-refractivity contribution >= 4 is 59.9 Å². The molecule has 0 radical (unpaired) electrons. The third-order valence-electron chi connectivity index (χ3n) is 12.0. The quantitative estimate of drug-likeness (QED) is 0.167. The average molecular weight is 793 g/mol. The standard InChI is InChI=1S/C54H32N8/c1-4-15-33(16-5-1)49-55-52(58-53(56-49)37-27-29-46-43(32-37)41-24-14-23-40-38-21-10-12-25-44(38)61(46)48(40)41)36-28-30-47-42(31-36)39-22-11-13-26-45(39)62(47)54-59-50(34-17-6-2-7-18-34)57-51(60-54)35-19-8-3-9-20-35/h1-32H. The number of rotatable bonds is 6. The molecule has 8 aromatic carbocycles. The van der Waals surface area contributed by atoms with Crippen LogP contribution in [0, 0.1) is 0 Å². The van der Waals surface area contributed by atoms with E-state index < -0.39 is 0 Å². The Labute approximate surface area is 354 Å². The first kappa shape index (κ1) is 34.3. The van der Waals surface area contributed by atoms with E-state index in [0.717, 1.165) is 60.5 Å². The fourth-order valence-corrected chi connectivity index (χ4v) is 9.15. The van der Waals surface area contributed by atoms with Crippen molar-refractivity contribution in [2.75, 3.05) is 0 Å². The number of para-hydroxylation sites is 3. The zero-order chi connectivity index (χ0) is 40.7. The second kappa shape index (κ2) is 13.5. The largest absolute Gasteiger partial charge is 0.308 e. The highest BCUT2D eigenvalue weighted by Crippen LogP contribution is 2.41. The van der Waals surface area contributed by atoms with Crippen LogP contribution in [0.3, 0.4) is 0 Å². The Balaban J connectivity index is 1.000. The molecule has 0 saturated carbocycles. The van der Waals surface area contributed by atoms with Crippen molar-refractivity contribution < 1.29 is 0 Å². The highest BCUT2D eigenvalue weighted by atomic mass is 15.2. The van der Waals surface area contributed by atoms with Crippen molar-refractivity contribution in [1.29, 1.82) is 0 Å². The van der Waals surface area contributed by atoms with Crippen LogP contribution in [0.15, 0.2) is 194 Å². The van der Waals surface area contributed by atoms with Crippen LogP contribution < -0.4 is 0 Å². The fraction of sp³-hybridized carbons (Fsp3) is 0. The Morgan fingerprint density at radius 3 is 1.19 bits per heavy atom. The molecule has 0 spiro atoms. The summed E-state index contributed by atoms with van der Waals surface area (Å²) in [5.41, 5.74) is 10.1. The van der Waals surface area contributed by atoms with Crippen LogP contribution >= 0.6 is 0 Å². The first-order valence-electron chi connectivity index (χ1n) is 20.6. The number of benzene rings is 8. The molecule has 13 rings (SSSR count). The van der Waals surface area contributed by atoms with E-state index in [9.17, 15) is 0 Å². The highest BCUT2D eigenvalue weighted by Gasteiger charge is 2.21. The van der Waals surface area contributed by atoms with E-state index in [4.69, 9.17) is 29.9 Å². The van der Waals surface area contributed by atoms with Gasteiger partial charge >= 0.3 is 0 Å². The molecule has 5 heterocycles. The molecule has 0 N–H and O–H groups in total. The van der Waals surface area contributed by atoms with Crippen LogP contribution in [0.2, 0.25) is 0 Å². The molecule has 0 saturated heterocycles. The van der Waals surface area contributed by atoms with Crippen molar-refractivity contribution in [1.82, 2.24) is 38.9 Å². The minimum Gasteiger partial charge on any atom is -0.308 e. The summed E-state index contributed by atoms with van der Waals surface area (Å²) in [6.45, 7) is 0. The number of aromatic nitrogens is 8. The summed E-state index contributed by atoms with van der Waals surface area (Å²) >= 11 is 0. The van der Waals surface area contributed by atoms with Crippen molar-refractivity contribution in [2.45, 2.75) is 0 Å². The zero-order valence-corrected chi connectivity index (χ0v) is 33.1. The van der Waals surface area contributed by atoms with Gasteiger partial charge in [0.2, 0.25) is 5.95 Å². The molecule has 0 amide bonds. The summed E-state index contributed by atoms with van der Waals surface area (Å²) in [7, 11) is 0. The van der Waals surface area contributed by atoms with Crippen LogP contribution in [0.4, 0.5) is 0 Å². The topological polar surface area (TPSA) is 86.7 Å². The van der Waals surface area contributed by atoms with Crippen LogP contribution in [-0.2, 0) is 0 Å². The summed E-state index contributed by atoms with van der Waals surface area (Å²) < 4.78 is 4.52. The van der Waals surface area contributed by atoms with Crippen molar-refractivity contribution in [3.63, 3.8) is 0 Å². The predicted molar refractivity (Wildman–Crippen MR) is 249 cm³/mol. The molecule has 8 heteroatoms. The van der Waals surface area contributed by atoms with E-state index in [1.165, 1.54) is 27.2 Å². The monoisotopic (exact) mass is 792 g/mol. The van der Waals surface area contributed by atoms with E-state index in [-0.39, 0.29) is 0 Å². The van der Waals surface area contributed by atoms with Crippen LogP contribution in [0.1, 0.15) is 0 Å². The highest BCUT2D eigenvalue weighted by molar-refractivity contribution is 6.23. The van der Waals surface area contributed by atoms with E-state index in [2.05, 4.69) is 112 Å². The second-order valence-corrected chi connectivity index (χ2v) is 15.6. The average Bonchev–Trinajstić information content (AvgIpc) is 3.99. The molecule has 62 heavy (non-hydrogen) atoms. The first-order valence-corrected chi connectivity index (χ1v) is 20.6. The van der Waals surface area contributed by atoms with Crippen LogP contribution in [-0.4, -0.2) is 38.9 Å². The summed E-state index contributed by atoms with van der Waals surface area (Å²) in [5.74, 6) is 3.56. The van der Waals surface area contributed by atoms with Gasteiger partial charge in [-0.05, 0) is 48.5 Å². The molecule has 0 aliphatic rings. The van der Waals surface area contributed by atoms with Gasteiger partial charge in [0.1, 0.15) is 0 Å². The maximum absolute atomic E-state index is 5.23.